The van der Waals surface area contributed by atoms with E-state index in [0.29, 0.717) is 67.1 Å². The smallest absolute Gasteiger partial charge is 0.265 e. The van der Waals surface area contributed by atoms with Gasteiger partial charge in [0.1, 0.15) is 9.88 Å². The van der Waals surface area contributed by atoms with Gasteiger partial charge < -0.3 is 24.0 Å². The van der Waals surface area contributed by atoms with Gasteiger partial charge in [0.2, 0.25) is 5.75 Å². The number of carbonyl (C=O) groups is 2. The van der Waals surface area contributed by atoms with Gasteiger partial charge in [0.05, 0.1) is 32.1 Å². The van der Waals surface area contributed by atoms with E-state index in [-0.39, 0.29) is 11.8 Å². The number of rotatable bonds is 10. The number of hydrogen-bond acceptors (Lipinski definition) is 8. The second kappa shape index (κ2) is 12.2. The molecule has 35 heavy (non-hydrogen) atoms. The maximum atomic E-state index is 13.3. The van der Waals surface area contributed by atoms with E-state index in [0.717, 1.165) is 23.8 Å². The number of piperazine rings is 1. The van der Waals surface area contributed by atoms with Crippen LogP contribution in [0, 0.1) is 6.92 Å². The summed E-state index contributed by atoms with van der Waals surface area (Å²) in [4.78, 5) is 36.6. The molecule has 2 heterocycles. The maximum absolute atomic E-state index is 13.3. The van der Waals surface area contributed by atoms with E-state index in [4.69, 9.17) is 14.2 Å². The van der Waals surface area contributed by atoms with Crippen LogP contribution >= 0.6 is 11.3 Å². The minimum Gasteiger partial charge on any atom is -0.490 e. The van der Waals surface area contributed by atoms with Crippen molar-refractivity contribution in [2.75, 3.05) is 60.1 Å². The third-order valence-corrected chi connectivity index (χ3v) is 6.75. The first kappa shape index (κ1) is 26.7. The first-order valence-electron chi connectivity index (χ1n) is 12.0. The van der Waals surface area contributed by atoms with Crippen molar-refractivity contribution in [2.45, 2.75) is 34.2 Å². The van der Waals surface area contributed by atoms with Crippen molar-refractivity contribution in [3.05, 3.63) is 33.3 Å². The standard InChI is InChI=1S/C25H36N4O5S/c1-7-32-19-14-18(15-20(33-8-2)22(19)34-9-3)24(30)29-12-10-28(11-13-29)16-21-26-17(4)23(35-21)25(31)27(5)6/h14-15H,7-13,16H2,1-6H3. The van der Waals surface area contributed by atoms with Gasteiger partial charge in [-0.15, -0.1) is 11.3 Å². The van der Waals surface area contributed by atoms with Crippen LogP contribution in [0.2, 0.25) is 0 Å². The van der Waals surface area contributed by atoms with Gasteiger partial charge in [-0.1, -0.05) is 0 Å². The van der Waals surface area contributed by atoms with Gasteiger partial charge in [0.25, 0.3) is 11.8 Å². The molecule has 192 valence electrons. The molecule has 0 radical (unpaired) electrons. The van der Waals surface area contributed by atoms with Crippen LogP contribution in [0.5, 0.6) is 17.2 Å². The Bertz CT molecular complexity index is 1000. The van der Waals surface area contributed by atoms with Crippen molar-refractivity contribution in [1.29, 1.82) is 0 Å². The van der Waals surface area contributed by atoms with Crippen LogP contribution in [-0.2, 0) is 6.54 Å². The van der Waals surface area contributed by atoms with Crippen LogP contribution < -0.4 is 14.2 Å². The van der Waals surface area contributed by atoms with Crippen molar-refractivity contribution in [3.8, 4) is 17.2 Å². The molecule has 1 aromatic carbocycles. The van der Waals surface area contributed by atoms with Crippen LogP contribution in [0.3, 0.4) is 0 Å². The molecule has 0 spiro atoms. The first-order valence-corrected chi connectivity index (χ1v) is 12.9. The summed E-state index contributed by atoms with van der Waals surface area (Å²) < 4.78 is 17.3. The molecule has 2 aromatic rings. The summed E-state index contributed by atoms with van der Waals surface area (Å²) in [6.45, 7) is 12.3. The van der Waals surface area contributed by atoms with Gasteiger partial charge in [0.15, 0.2) is 11.5 Å². The molecule has 1 aromatic heterocycles. The zero-order chi connectivity index (χ0) is 25.5. The van der Waals surface area contributed by atoms with Crippen LogP contribution in [0.1, 0.15) is 51.5 Å². The van der Waals surface area contributed by atoms with E-state index in [1.54, 1.807) is 31.1 Å². The molecule has 0 bridgehead atoms. The highest BCUT2D eigenvalue weighted by molar-refractivity contribution is 7.13. The summed E-state index contributed by atoms with van der Waals surface area (Å²) in [6, 6.07) is 3.49. The second-order valence-electron chi connectivity index (χ2n) is 8.39. The number of ether oxygens (including phenoxy) is 3. The lowest BCUT2D eigenvalue weighted by Crippen LogP contribution is -2.48. The van der Waals surface area contributed by atoms with E-state index in [9.17, 15) is 9.59 Å². The van der Waals surface area contributed by atoms with Crippen LogP contribution in [0.25, 0.3) is 0 Å². The highest BCUT2D eigenvalue weighted by Crippen LogP contribution is 2.39. The van der Waals surface area contributed by atoms with Gasteiger partial charge in [-0.3, -0.25) is 14.5 Å². The van der Waals surface area contributed by atoms with Gasteiger partial charge in [0, 0.05) is 45.8 Å². The molecule has 0 saturated carbocycles. The Kier molecular flexibility index (Phi) is 9.33. The predicted molar refractivity (Wildman–Crippen MR) is 136 cm³/mol. The lowest BCUT2D eigenvalue weighted by atomic mass is 10.1. The zero-order valence-corrected chi connectivity index (χ0v) is 22.4. The first-order chi connectivity index (χ1) is 16.8. The molecule has 10 heteroatoms. The summed E-state index contributed by atoms with van der Waals surface area (Å²) in [6.07, 6.45) is 0. The van der Waals surface area contributed by atoms with Crippen molar-refractivity contribution in [2.24, 2.45) is 0 Å². The summed E-state index contributed by atoms with van der Waals surface area (Å²) in [7, 11) is 3.49. The molecule has 1 fully saturated rings. The fourth-order valence-electron chi connectivity index (χ4n) is 3.92. The molecule has 1 saturated heterocycles. The Morgan fingerprint density at radius 2 is 1.54 bits per heavy atom. The Labute approximate surface area is 211 Å². The number of nitrogens with zero attached hydrogens (tertiary/aromatic N) is 4. The molecule has 0 unspecified atom stereocenters. The lowest BCUT2D eigenvalue weighted by molar-refractivity contribution is 0.0627. The van der Waals surface area contributed by atoms with E-state index in [1.165, 1.54) is 11.3 Å². The van der Waals surface area contributed by atoms with Crippen LogP contribution in [0.4, 0.5) is 0 Å². The number of amides is 2. The molecular formula is C25H36N4O5S. The fourth-order valence-corrected chi connectivity index (χ4v) is 5.05. The molecule has 0 aliphatic carbocycles. The summed E-state index contributed by atoms with van der Waals surface area (Å²) in [5, 5.41) is 0.918. The quantitative estimate of drug-likeness (QED) is 0.491. The monoisotopic (exact) mass is 504 g/mol. The van der Waals surface area contributed by atoms with Gasteiger partial charge in [-0.25, -0.2) is 4.98 Å². The zero-order valence-electron chi connectivity index (χ0n) is 21.5. The van der Waals surface area contributed by atoms with Gasteiger partial charge in [-0.2, -0.15) is 0 Å². The molecule has 9 nitrogen and oxygen atoms in total. The average molecular weight is 505 g/mol. The van der Waals surface area contributed by atoms with Crippen LogP contribution in [0.15, 0.2) is 12.1 Å². The molecule has 0 atom stereocenters. The minimum atomic E-state index is -0.0569. The highest BCUT2D eigenvalue weighted by Gasteiger charge is 2.26. The number of benzene rings is 1. The summed E-state index contributed by atoms with van der Waals surface area (Å²) in [5.74, 6) is 1.49. The third kappa shape index (κ3) is 6.43. The summed E-state index contributed by atoms with van der Waals surface area (Å²) >= 11 is 1.45. The number of hydrogen-bond donors (Lipinski definition) is 0. The molecule has 2 amide bonds. The Morgan fingerprint density at radius 1 is 0.971 bits per heavy atom. The Morgan fingerprint density at radius 3 is 2.06 bits per heavy atom. The van der Waals surface area contributed by atoms with E-state index in [1.807, 2.05) is 32.6 Å². The molecule has 1 aliphatic rings. The van der Waals surface area contributed by atoms with E-state index in [2.05, 4.69) is 9.88 Å². The van der Waals surface area contributed by atoms with Gasteiger partial charge in [-0.05, 0) is 39.8 Å². The van der Waals surface area contributed by atoms with Crippen LogP contribution in [-0.4, -0.2) is 91.6 Å². The van der Waals surface area contributed by atoms with E-state index >= 15 is 0 Å². The SMILES string of the molecule is CCOc1cc(C(=O)N2CCN(Cc3nc(C)c(C(=O)N(C)C)s3)CC2)cc(OCC)c1OCC. The lowest BCUT2D eigenvalue weighted by Gasteiger charge is -2.34. The molecule has 1 aliphatic heterocycles. The number of carbonyl (C=O) groups excluding carboxylic acids is 2. The Balaban J connectivity index is 1.68. The number of aryl methyl sites for hydroxylation is 1. The Hall–Kier alpha value is -2.85. The van der Waals surface area contributed by atoms with E-state index < -0.39 is 0 Å². The minimum absolute atomic E-state index is 0.0186. The normalized spacial score (nSPS) is 14.1. The number of aromatic nitrogens is 1. The van der Waals surface area contributed by atoms with Gasteiger partial charge >= 0.3 is 0 Å². The summed E-state index contributed by atoms with van der Waals surface area (Å²) in [5.41, 5.74) is 1.29. The van der Waals surface area contributed by atoms with Crippen molar-refractivity contribution < 1.29 is 23.8 Å². The van der Waals surface area contributed by atoms with Crippen molar-refractivity contribution in [1.82, 2.24) is 19.7 Å². The number of thiazole rings is 1. The largest absolute Gasteiger partial charge is 0.490 e. The highest BCUT2D eigenvalue weighted by atomic mass is 32.1. The van der Waals surface area contributed by atoms with Crippen molar-refractivity contribution >= 4 is 23.2 Å². The predicted octanol–water partition coefficient (Wildman–Crippen LogP) is 3.31. The molecule has 0 N–H and O–H groups in total. The average Bonchev–Trinajstić information content (AvgIpc) is 3.20. The molecular weight excluding hydrogens is 468 g/mol. The fraction of sp³-hybridized carbons (Fsp3) is 0.560. The topological polar surface area (TPSA) is 84.4 Å². The third-order valence-electron chi connectivity index (χ3n) is 5.62. The second-order valence-corrected chi connectivity index (χ2v) is 9.47. The molecule has 3 rings (SSSR count). The maximum Gasteiger partial charge on any atom is 0.265 e. The van der Waals surface area contributed by atoms with Crippen molar-refractivity contribution in [3.63, 3.8) is 0 Å².